The molecule has 0 unspecified atom stereocenters. The number of hydrogen-bond acceptors (Lipinski definition) is 6. The minimum Gasteiger partial charge on any atom is -0.368 e. The fraction of sp³-hybridized carbons (Fsp3) is 0.304. The first kappa shape index (κ1) is 19.3. The quantitative estimate of drug-likeness (QED) is 0.512. The van der Waals surface area contributed by atoms with Crippen molar-refractivity contribution in [1.82, 2.24) is 24.6 Å². The van der Waals surface area contributed by atoms with Crippen molar-refractivity contribution in [3.8, 4) is 0 Å². The zero-order valence-electron chi connectivity index (χ0n) is 18.0. The summed E-state index contributed by atoms with van der Waals surface area (Å²) in [7, 11) is 5.85. The Balaban J connectivity index is 1.35. The Morgan fingerprint density at radius 1 is 0.968 bits per heavy atom. The monoisotopic (exact) mass is 415 g/mol. The van der Waals surface area contributed by atoms with Gasteiger partial charge < -0.3 is 14.7 Å². The van der Waals surface area contributed by atoms with E-state index >= 15 is 0 Å². The molecule has 8 nitrogen and oxygen atoms in total. The molecule has 0 aliphatic carbocycles. The molecule has 0 saturated carbocycles. The fourth-order valence-electron chi connectivity index (χ4n) is 4.27. The van der Waals surface area contributed by atoms with Gasteiger partial charge in [-0.05, 0) is 24.3 Å². The Bertz CT molecular complexity index is 1270. The number of piperazine rings is 1. The zero-order chi connectivity index (χ0) is 21.5. The van der Waals surface area contributed by atoms with E-state index in [1.54, 1.807) is 11.0 Å². The standard InChI is InChI=1S/C23H25N7O/c1-27(2)22-18-14-16(8-9-19(18)24-15-25-22)29-10-12-30(13-11-29)23(31)21-17-6-4-5-7-20(17)28(3)26-21/h4-9,14-15H,10-13H2,1-3H3. The van der Waals surface area contributed by atoms with Crippen molar-refractivity contribution in [3.05, 3.63) is 54.5 Å². The van der Waals surface area contributed by atoms with Crippen LogP contribution in [0.1, 0.15) is 10.5 Å². The maximum Gasteiger partial charge on any atom is 0.275 e. The van der Waals surface area contributed by atoms with Gasteiger partial charge in [0, 0.05) is 63.8 Å². The van der Waals surface area contributed by atoms with Gasteiger partial charge in [-0.25, -0.2) is 9.97 Å². The third-order valence-electron chi connectivity index (χ3n) is 5.91. The maximum absolute atomic E-state index is 13.2. The van der Waals surface area contributed by atoms with Gasteiger partial charge in [-0.3, -0.25) is 9.48 Å². The molecule has 8 heteroatoms. The lowest BCUT2D eigenvalue weighted by molar-refractivity contribution is 0.0742. The summed E-state index contributed by atoms with van der Waals surface area (Å²) in [6, 6.07) is 14.1. The van der Waals surface area contributed by atoms with Gasteiger partial charge in [0.05, 0.1) is 11.0 Å². The van der Waals surface area contributed by atoms with Gasteiger partial charge in [0.15, 0.2) is 5.69 Å². The first-order valence-corrected chi connectivity index (χ1v) is 10.4. The van der Waals surface area contributed by atoms with Crippen LogP contribution in [-0.4, -0.2) is 70.8 Å². The van der Waals surface area contributed by atoms with Crippen LogP contribution < -0.4 is 9.80 Å². The van der Waals surface area contributed by atoms with E-state index in [1.165, 1.54) is 0 Å². The van der Waals surface area contributed by atoms with Gasteiger partial charge in [0.1, 0.15) is 12.1 Å². The number of carbonyl (C=O) groups is 1. The summed E-state index contributed by atoms with van der Waals surface area (Å²) in [5.74, 6) is 0.904. The van der Waals surface area contributed by atoms with Crippen molar-refractivity contribution < 1.29 is 4.79 Å². The molecule has 2 aromatic carbocycles. The van der Waals surface area contributed by atoms with Crippen molar-refractivity contribution in [3.63, 3.8) is 0 Å². The molecule has 0 spiro atoms. The van der Waals surface area contributed by atoms with E-state index < -0.39 is 0 Å². The Labute approximate surface area is 180 Å². The van der Waals surface area contributed by atoms with Gasteiger partial charge >= 0.3 is 0 Å². The number of aromatic nitrogens is 4. The molecule has 2 aromatic heterocycles. The summed E-state index contributed by atoms with van der Waals surface area (Å²) in [6.45, 7) is 2.86. The molecule has 3 heterocycles. The van der Waals surface area contributed by atoms with E-state index in [1.807, 2.05) is 61.3 Å². The highest BCUT2D eigenvalue weighted by atomic mass is 16.2. The van der Waals surface area contributed by atoms with E-state index in [4.69, 9.17) is 0 Å². The number of nitrogens with zero attached hydrogens (tertiary/aromatic N) is 7. The van der Waals surface area contributed by atoms with Gasteiger partial charge in [-0.1, -0.05) is 18.2 Å². The molecule has 0 radical (unpaired) electrons. The van der Waals surface area contributed by atoms with Crippen LogP contribution in [0.4, 0.5) is 11.5 Å². The molecule has 1 saturated heterocycles. The van der Waals surface area contributed by atoms with Gasteiger partial charge in [0.25, 0.3) is 5.91 Å². The highest BCUT2D eigenvalue weighted by molar-refractivity contribution is 6.05. The SMILES string of the molecule is CN(C)c1ncnc2ccc(N3CCN(C(=O)c4nn(C)c5ccccc45)CC3)cc12. The molecule has 5 rings (SSSR count). The predicted octanol–water partition coefficient (Wildman–Crippen LogP) is 2.54. The second-order valence-corrected chi connectivity index (χ2v) is 8.06. The lowest BCUT2D eigenvalue weighted by Crippen LogP contribution is -2.49. The molecule has 1 fully saturated rings. The summed E-state index contributed by atoms with van der Waals surface area (Å²) in [5.41, 5.74) is 3.56. The number of benzene rings is 2. The minimum atomic E-state index is -0.00162. The lowest BCUT2D eigenvalue weighted by Gasteiger charge is -2.36. The number of carbonyl (C=O) groups excluding carboxylic acids is 1. The highest BCUT2D eigenvalue weighted by Gasteiger charge is 2.26. The second kappa shape index (κ2) is 7.54. The van der Waals surface area contributed by atoms with E-state index in [0.29, 0.717) is 18.8 Å². The summed E-state index contributed by atoms with van der Waals surface area (Å²) < 4.78 is 1.78. The Hall–Kier alpha value is -3.68. The number of hydrogen-bond donors (Lipinski definition) is 0. The van der Waals surface area contributed by atoms with Crippen LogP contribution in [0.15, 0.2) is 48.8 Å². The third kappa shape index (κ3) is 3.34. The van der Waals surface area contributed by atoms with E-state index in [2.05, 4.69) is 32.1 Å². The summed E-state index contributed by atoms with van der Waals surface area (Å²) in [4.78, 5) is 28.2. The topological polar surface area (TPSA) is 70.4 Å². The predicted molar refractivity (Wildman–Crippen MR) is 123 cm³/mol. The fourth-order valence-corrected chi connectivity index (χ4v) is 4.27. The van der Waals surface area contributed by atoms with Gasteiger partial charge in [-0.15, -0.1) is 0 Å². The Kier molecular flexibility index (Phi) is 4.69. The highest BCUT2D eigenvalue weighted by Crippen LogP contribution is 2.27. The lowest BCUT2D eigenvalue weighted by atomic mass is 10.1. The smallest absolute Gasteiger partial charge is 0.275 e. The van der Waals surface area contributed by atoms with Crippen LogP contribution in [0.25, 0.3) is 21.8 Å². The molecule has 0 bridgehead atoms. The summed E-state index contributed by atoms with van der Waals surface area (Å²) in [5, 5.41) is 6.43. The first-order valence-electron chi connectivity index (χ1n) is 10.4. The average molecular weight is 416 g/mol. The normalized spacial score (nSPS) is 14.4. The molecule has 1 aliphatic rings. The maximum atomic E-state index is 13.2. The van der Waals surface area contributed by atoms with Gasteiger partial charge in [0.2, 0.25) is 0 Å². The number of anilines is 2. The van der Waals surface area contributed by atoms with Crippen molar-refractivity contribution in [2.75, 3.05) is 50.1 Å². The Morgan fingerprint density at radius 2 is 1.74 bits per heavy atom. The third-order valence-corrected chi connectivity index (χ3v) is 5.91. The van der Waals surface area contributed by atoms with Gasteiger partial charge in [-0.2, -0.15) is 5.10 Å². The molecule has 4 aromatic rings. The molecule has 158 valence electrons. The number of amides is 1. The van der Waals surface area contributed by atoms with Crippen molar-refractivity contribution >= 4 is 39.2 Å². The largest absolute Gasteiger partial charge is 0.368 e. The Morgan fingerprint density at radius 3 is 2.52 bits per heavy atom. The second-order valence-electron chi connectivity index (χ2n) is 8.06. The van der Waals surface area contributed by atoms with Crippen LogP contribution >= 0.6 is 0 Å². The molecule has 0 N–H and O–H groups in total. The number of aryl methyl sites for hydroxylation is 1. The number of fused-ring (bicyclic) bond motifs is 2. The van der Waals surface area contributed by atoms with Crippen LogP contribution in [0.2, 0.25) is 0 Å². The first-order chi connectivity index (χ1) is 15.0. The van der Waals surface area contributed by atoms with Crippen LogP contribution in [0.5, 0.6) is 0 Å². The molecular formula is C23H25N7O. The van der Waals surface area contributed by atoms with E-state index in [-0.39, 0.29) is 5.91 Å². The number of para-hydroxylation sites is 1. The van der Waals surface area contributed by atoms with Crippen molar-refractivity contribution in [1.29, 1.82) is 0 Å². The summed E-state index contributed by atoms with van der Waals surface area (Å²) in [6.07, 6.45) is 1.60. The molecule has 31 heavy (non-hydrogen) atoms. The average Bonchev–Trinajstić information content (AvgIpc) is 3.14. The van der Waals surface area contributed by atoms with E-state index in [0.717, 1.165) is 46.4 Å². The van der Waals surface area contributed by atoms with Crippen molar-refractivity contribution in [2.24, 2.45) is 7.05 Å². The molecule has 0 atom stereocenters. The zero-order valence-corrected chi connectivity index (χ0v) is 18.0. The molecule has 1 amide bonds. The van der Waals surface area contributed by atoms with E-state index in [9.17, 15) is 4.79 Å². The van der Waals surface area contributed by atoms with Crippen LogP contribution in [0, 0.1) is 0 Å². The van der Waals surface area contributed by atoms with Crippen LogP contribution in [0.3, 0.4) is 0 Å². The molecular weight excluding hydrogens is 390 g/mol. The summed E-state index contributed by atoms with van der Waals surface area (Å²) >= 11 is 0. The molecule has 1 aliphatic heterocycles. The van der Waals surface area contributed by atoms with Crippen LogP contribution in [-0.2, 0) is 7.05 Å². The number of rotatable bonds is 3. The minimum absolute atomic E-state index is 0.00162. The van der Waals surface area contributed by atoms with Crippen molar-refractivity contribution in [2.45, 2.75) is 0 Å².